The molecule has 0 N–H and O–H groups in total. The Kier molecular flexibility index (Phi) is 18.3. The summed E-state index contributed by atoms with van der Waals surface area (Å²) in [6.07, 6.45) is 8.07. The van der Waals surface area contributed by atoms with Gasteiger partial charge in [0.15, 0.2) is 0 Å². The van der Waals surface area contributed by atoms with E-state index >= 15 is 0 Å². The third kappa shape index (κ3) is 15.3. The molecule has 2 amide bonds. The van der Waals surface area contributed by atoms with Crippen molar-refractivity contribution >= 4 is 83.7 Å². The molecule has 3 fully saturated rings. The van der Waals surface area contributed by atoms with Crippen LogP contribution >= 0.6 is 22.7 Å². The summed E-state index contributed by atoms with van der Waals surface area (Å²) >= 11 is 3.67. The topological polar surface area (TPSA) is 153 Å². The number of likely N-dealkylation sites (tertiary alicyclic amines) is 2. The highest BCUT2D eigenvalue weighted by Gasteiger charge is 2.52. The van der Waals surface area contributed by atoms with Crippen LogP contribution in [-0.4, -0.2) is 139 Å². The number of benzene rings is 2. The lowest BCUT2D eigenvalue weighted by molar-refractivity contribution is -0.0546. The molecule has 3 saturated heterocycles. The normalized spacial score (nSPS) is 22.2. The molecular formula is C55H78BF3N6O9S3. The Morgan fingerprint density at radius 3 is 1.61 bits per heavy atom. The van der Waals surface area contributed by atoms with Gasteiger partial charge >= 0.3 is 34.9 Å². The van der Waals surface area contributed by atoms with E-state index in [-0.39, 0.29) is 43.3 Å². The van der Waals surface area contributed by atoms with Crippen molar-refractivity contribution in [1.29, 1.82) is 0 Å². The van der Waals surface area contributed by atoms with Crippen molar-refractivity contribution in [3.63, 3.8) is 0 Å². The molecule has 2 atom stereocenters. The van der Waals surface area contributed by atoms with E-state index in [9.17, 15) is 31.2 Å². The third-order valence-corrected chi connectivity index (χ3v) is 17.8. The molecule has 424 valence electrons. The molecule has 15 nitrogen and oxygen atoms in total. The number of rotatable bonds is 6. The SMILES string of the molecule is CN1CCC(c2nc3cc(B4OC(C)(C)C(C)(C)O4)ccc3s2)CC1.C[C@H]1CC=C(OS(=O)(=O)C(F)(F)F)N(C(=O)OC(C)(C)C)C1.C[C@H]1CC=C(c2ccc3sc(C4CCN(C)CC4)nc3c2)N(C(=O)OC(C)(C)C)C1. The van der Waals surface area contributed by atoms with Crippen LogP contribution in [-0.2, 0) is 33.1 Å². The molecule has 0 bridgehead atoms. The fourth-order valence-corrected chi connectivity index (χ4v) is 12.0. The van der Waals surface area contributed by atoms with Crippen molar-refractivity contribution in [1.82, 2.24) is 29.6 Å². The fourth-order valence-electron chi connectivity index (χ4n) is 9.33. The Balaban J connectivity index is 0.000000170. The number of amides is 2. The molecule has 5 aliphatic rings. The van der Waals surface area contributed by atoms with Gasteiger partial charge in [-0.05, 0) is 196 Å². The number of carbonyl (C=O) groups is 2. The predicted octanol–water partition coefficient (Wildman–Crippen LogP) is 12.1. The van der Waals surface area contributed by atoms with Crippen molar-refractivity contribution in [2.75, 3.05) is 53.4 Å². The van der Waals surface area contributed by atoms with Gasteiger partial charge in [-0.1, -0.05) is 32.1 Å². The Labute approximate surface area is 461 Å². The van der Waals surface area contributed by atoms with Crippen molar-refractivity contribution < 1.29 is 54.1 Å². The number of aromatic nitrogens is 2. The first-order valence-corrected chi connectivity index (χ1v) is 29.7. The third-order valence-electron chi connectivity index (χ3n) is 14.4. The Hall–Kier alpha value is -4.32. The van der Waals surface area contributed by atoms with Crippen molar-refractivity contribution in [2.45, 2.75) is 161 Å². The fraction of sp³-hybridized carbons (Fsp3) is 0.636. The van der Waals surface area contributed by atoms with E-state index in [2.05, 4.69) is 105 Å². The van der Waals surface area contributed by atoms with Crippen LogP contribution in [0.25, 0.3) is 26.1 Å². The maximum atomic E-state index is 12.9. The zero-order valence-corrected chi connectivity index (χ0v) is 49.7. The monoisotopic (exact) mass is 1130 g/mol. The van der Waals surface area contributed by atoms with Crippen LogP contribution in [0.5, 0.6) is 0 Å². The summed E-state index contributed by atoms with van der Waals surface area (Å²) < 4.78 is 89.0. The van der Waals surface area contributed by atoms with Gasteiger partial charge in [0.1, 0.15) is 11.2 Å². The maximum Gasteiger partial charge on any atom is 0.534 e. The number of alkyl halides is 3. The molecular weight excluding hydrogens is 1050 g/mol. The number of halogens is 3. The number of thiazole rings is 2. The molecule has 22 heteroatoms. The van der Waals surface area contributed by atoms with Crippen LogP contribution in [0.2, 0.25) is 0 Å². The van der Waals surface area contributed by atoms with Gasteiger partial charge in [-0.2, -0.15) is 21.6 Å². The lowest BCUT2D eigenvalue weighted by atomic mass is 9.79. The average Bonchev–Trinajstić information content (AvgIpc) is 4.05. The van der Waals surface area contributed by atoms with Crippen LogP contribution in [0, 0.1) is 11.8 Å². The zero-order chi connectivity index (χ0) is 56.6. The summed E-state index contributed by atoms with van der Waals surface area (Å²) in [5, 5.41) is 2.54. The Bertz CT molecular complexity index is 2900. The molecule has 4 aromatic rings. The molecule has 7 heterocycles. The number of nitrogens with zero attached hydrogens (tertiary/aromatic N) is 6. The summed E-state index contributed by atoms with van der Waals surface area (Å²) in [5.41, 5.74) is -2.43. The minimum atomic E-state index is -5.84. The number of carbonyl (C=O) groups excluding carboxylic acids is 2. The van der Waals surface area contributed by atoms with Gasteiger partial charge in [0.25, 0.3) is 0 Å². The van der Waals surface area contributed by atoms with Gasteiger partial charge in [0.2, 0.25) is 5.88 Å². The van der Waals surface area contributed by atoms with Gasteiger partial charge in [0.05, 0.1) is 47.3 Å². The van der Waals surface area contributed by atoms with E-state index in [1.807, 2.05) is 43.4 Å². The minimum absolute atomic E-state index is 0.00583. The summed E-state index contributed by atoms with van der Waals surface area (Å²) in [6, 6.07) is 12.9. The van der Waals surface area contributed by atoms with Gasteiger partial charge in [-0.15, -0.1) is 22.7 Å². The van der Waals surface area contributed by atoms with Crippen LogP contribution < -0.4 is 5.46 Å². The molecule has 0 unspecified atom stereocenters. The molecule has 77 heavy (non-hydrogen) atoms. The van der Waals surface area contributed by atoms with Gasteiger partial charge in [-0.25, -0.2) is 24.5 Å². The van der Waals surface area contributed by atoms with Crippen LogP contribution in [0.4, 0.5) is 22.8 Å². The number of fused-ring (bicyclic) bond motifs is 2. The highest BCUT2D eigenvalue weighted by Crippen LogP contribution is 2.40. The highest BCUT2D eigenvalue weighted by atomic mass is 32.2. The van der Waals surface area contributed by atoms with E-state index in [1.165, 1.54) is 58.2 Å². The quantitative estimate of drug-likeness (QED) is 0.102. The summed E-state index contributed by atoms with van der Waals surface area (Å²) in [7, 11) is -1.77. The van der Waals surface area contributed by atoms with Crippen molar-refractivity contribution in [3.05, 3.63) is 70.0 Å². The summed E-state index contributed by atoms with van der Waals surface area (Å²) in [6.45, 7) is 28.0. The van der Waals surface area contributed by atoms with Crippen LogP contribution in [0.3, 0.4) is 0 Å². The molecule has 0 saturated carbocycles. The molecule has 0 spiro atoms. The summed E-state index contributed by atoms with van der Waals surface area (Å²) in [4.78, 5) is 42.2. The zero-order valence-electron chi connectivity index (χ0n) is 47.2. The van der Waals surface area contributed by atoms with Crippen LogP contribution in [0.1, 0.15) is 149 Å². The number of piperidine rings is 2. The van der Waals surface area contributed by atoms with Gasteiger partial charge < -0.3 is 32.8 Å². The molecule has 2 aromatic heterocycles. The molecule has 0 radical (unpaired) electrons. The number of hydrogen-bond acceptors (Lipinski definition) is 15. The van der Waals surface area contributed by atoms with E-state index in [1.54, 1.807) is 32.6 Å². The molecule has 9 rings (SSSR count). The second kappa shape index (κ2) is 23.4. The highest BCUT2D eigenvalue weighted by molar-refractivity contribution is 7.87. The number of ether oxygens (including phenoxy) is 2. The second-order valence-corrected chi connectivity index (χ2v) is 27.9. The largest absolute Gasteiger partial charge is 0.534 e. The van der Waals surface area contributed by atoms with Crippen molar-refractivity contribution in [2.24, 2.45) is 11.8 Å². The maximum absolute atomic E-state index is 12.9. The number of allylic oxidation sites excluding steroid dienone is 2. The second-order valence-electron chi connectivity index (χ2n) is 24.2. The molecule has 2 aromatic carbocycles. The molecule has 5 aliphatic heterocycles. The summed E-state index contributed by atoms with van der Waals surface area (Å²) in [5.74, 6) is 0.822. The van der Waals surface area contributed by atoms with E-state index in [4.69, 9.17) is 28.8 Å². The number of hydrogen-bond donors (Lipinski definition) is 0. The van der Waals surface area contributed by atoms with Crippen molar-refractivity contribution in [3.8, 4) is 0 Å². The first-order valence-electron chi connectivity index (χ1n) is 26.6. The molecule has 0 aliphatic carbocycles. The smallest absolute Gasteiger partial charge is 0.443 e. The Morgan fingerprint density at radius 1 is 0.688 bits per heavy atom. The first kappa shape index (κ1) is 60.3. The Morgan fingerprint density at radius 2 is 1.13 bits per heavy atom. The van der Waals surface area contributed by atoms with Crippen LogP contribution in [0.15, 0.2) is 54.4 Å². The lowest BCUT2D eigenvalue weighted by Crippen LogP contribution is -2.42. The van der Waals surface area contributed by atoms with Gasteiger partial charge in [0, 0.05) is 30.5 Å². The van der Waals surface area contributed by atoms with E-state index in [0.717, 1.165) is 58.2 Å². The van der Waals surface area contributed by atoms with E-state index in [0.29, 0.717) is 24.3 Å². The van der Waals surface area contributed by atoms with Gasteiger partial charge in [-0.3, -0.25) is 4.90 Å². The minimum Gasteiger partial charge on any atom is -0.443 e. The first-order chi connectivity index (χ1) is 35.7. The standard InChI is InChI=1S/C24H33N3O2S.C19H27BN2O2S.C12H18F3NO5S/c1-16-6-8-20(27(15-16)23(28)29-24(2,3)4)18-7-9-21-19(14-18)25-22(30-21)17-10-12-26(5)13-11-17;1-18(2)19(3,4)24-20(23-18)14-6-7-16-15(12-14)21-17(25-16)13-8-10-22(5)11-9-13;1-8-5-6-9(21-22(18,19)12(13,14)15)16(7-8)10(17)20-11(2,3)4/h7-9,14,16-17H,6,10-13,15H2,1-5H3;6-7,12-13H,8-11H2,1-5H3;6,8H,5,7H2,1-4H3/t16-;;8-/m0.0/s1. The predicted molar refractivity (Wildman–Crippen MR) is 299 cm³/mol. The van der Waals surface area contributed by atoms with E-state index < -0.39 is 38.8 Å². The average molecular weight is 1130 g/mol. The lowest BCUT2D eigenvalue weighted by Gasteiger charge is -2.33.